The van der Waals surface area contributed by atoms with E-state index in [4.69, 9.17) is 16.3 Å². The molecule has 4 rings (SSSR count). The van der Waals surface area contributed by atoms with Crippen LogP contribution in [0.2, 0.25) is 5.02 Å². The lowest BCUT2D eigenvalue weighted by molar-refractivity contribution is -0.152. The van der Waals surface area contributed by atoms with Gasteiger partial charge in [-0.25, -0.2) is 4.79 Å². The molecule has 0 unspecified atom stereocenters. The Morgan fingerprint density at radius 3 is 2.03 bits per heavy atom. The minimum atomic E-state index is -1.30. The van der Waals surface area contributed by atoms with Gasteiger partial charge in [-0.15, -0.1) is 0 Å². The summed E-state index contributed by atoms with van der Waals surface area (Å²) in [4.78, 5) is 64.2. The van der Waals surface area contributed by atoms with Crippen molar-refractivity contribution in [3.05, 3.63) is 106 Å². The molecule has 0 saturated carbocycles. The molecule has 3 aromatic rings. The first kappa shape index (κ1) is 24.6. The molecule has 0 bridgehead atoms. The molecule has 9 nitrogen and oxygen atoms in total. The maximum atomic E-state index is 13.0. The van der Waals surface area contributed by atoms with E-state index >= 15 is 0 Å². The van der Waals surface area contributed by atoms with Crippen LogP contribution in [0.4, 0.5) is 0 Å². The lowest BCUT2D eigenvalue weighted by Gasteiger charge is -2.24. The fourth-order valence-electron chi connectivity index (χ4n) is 3.72. The number of amides is 4. The lowest BCUT2D eigenvalue weighted by Crippen LogP contribution is -2.48. The van der Waals surface area contributed by atoms with Crippen molar-refractivity contribution in [1.82, 2.24) is 15.8 Å². The van der Waals surface area contributed by atoms with E-state index in [9.17, 15) is 24.0 Å². The quantitative estimate of drug-likeness (QED) is 0.289. The smallest absolute Gasteiger partial charge is 0.330 e. The van der Waals surface area contributed by atoms with Gasteiger partial charge >= 0.3 is 5.97 Å². The summed E-state index contributed by atoms with van der Waals surface area (Å²) in [5, 5.41) is 0.195. The fourth-order valence-corrected chi connectivity index (χ4v) is 3.94. The first-order valence-electron chi connectivity index (χ1n) is 10.9. The van der Waals surface area contributed by atoms with Gasteiger partial charge in [-0.1, -0.05) is 66.2 Å². The van der Waals surface area contributed by atoms with Crippen molar-refractivity contribution in [2.45, 2.75) is 12.5 Å². The van der Waals surface area contributed by atoms with Crippen LogP contribution in [0.15, 0.2) is 78.9 Å². The number of nitrogens with zero attached hydrogens (tertiary/aromatic N) is 1. The Labute approximate surface area is 211 Å². The van der Waals surface area contributed by atoms with Crippen molar-refractivity contribution in [2.24, 2.45) is 0 Å². The van der Waals surface area contributed by atoms with Crippen molar-refractivity contribution in [3.63, 3.8) is 0 Å². The zero-order valence-corrected chi connectivity index (χ0v) is 19.5. The standard InChI is InChI=1S/C26H20ClN3O6/c27-20-13-7-6-12-19(20)23(32)29-28-22(31)15-36-26(35)21(14-16-8-2-1-3-9-16)30-24(33)17-10-4-5-11-18(17)25(30)34/h1-13,21H,14-15H2,(H,28,31)(H,29,32)/t21-/m1/s1. The molecule has 182 valence electrons. The molecule has 2 N–H and O–H groups in total. The highest BCUT2D eigenvalue weighted by Gasteiger charge is 2.43. The number of nitrogens with one attached hydrogen (secondary N) is 2. The van der Waals surface area contributed by atoms with Crippen LogP contribution in [-0.2, 0) is 20.7 Å². The predicted octanol–water partition coefficient (Wildman–Crippen LogP) is 2.55. The third-order valence-electron chi connectivity index (χ3n) is 5.46. The van der Waals surface area contributed by atoms with Crippen LogP contribution in [0, 0.1) is 0 Å². The summed E-state index contributed by atoms with van der Waals surface area (Å²) in [5.74, 6) is -3.67. The molecule has 1 heterocycles. The van der Waals surface area contributed by atoms with Gasteiger partial charge in [0.2, 0.25) is 0 Å². The maximum absolute atomic E-state index is 13.0. The van der Waals surface area contributed by atoms with Gasteiger partial charge in [-0.2, -0.15) is 0 Å². The van der Waals surface area contributed by atoms with Crippen LogP contribution < -0.4 is 10.9 Å². The molecule has 1 aliphatic rings. The van der Waals surface area contributed by atoms with Crippen molar-refractivity contribution < 1.29 is 28.7 Å². The van der Waals surface area contributed by atoms with Crippen LogP contribution in [0.25, 0.3) is 0 Å². The molecule has 0 fully saturated rings. The Bertz CT molecular complexity index is 1310. The van der Waals surface area contributed by atoms with E-state index in [1.165, 1.54) is 24.3 Å². The molecule has 1 atom stereocenters. The van der Waals surface area contributed by atoms with Crippen LogP contribution in [-0.4, -0.2) is 47.1 Å². The highest BCUT2D eigenvalue weighted by molar-refractivity contribution is 6.33. The lowest BCUT2D eigenvalue weighted by atomic mass is 10.0. The second-order valence-corrected chi connectivity index (χ2v) is 8.23. The van der Waals surface area contributed by atoms with E-state index < -0.39 is 42.2 Å². The number of carbonyl (C=O) groups is 5. The van der Waals surface area contributed by atoms with E-state index in [2.05, 4.69) is 10.9 Å². The van der Waals surface area contributed by atoms with Crippen LogP contribution in [0.1, 0.15) is 36.6 Å². The minimum absolute atomic E-state index is 0.00397. The fraction of sp³-hybridized carbons (Fsp3) is 0.115. The summed E-state index contributed by atoms with van der Waals surface area (Å²) in [6, 6.07) is 20.0. The number of esters is 1. The largest absolute Gasteiger partial charge is 0.454 e. The van der Waals surface area contributed by atoms with E-state index in [1.54, 1.807) is 54.6 Å². The number of halogens is 1. The summed E-state index contributed by atoms with van der Waals surface area (Å²) < 4.78 is 5.13. The molecule has 3 aromatic carbocycles. The van der Waals surface area contributed by atoms with Crippen molar-refractivity contribution in [1.29, 1.82) is 0 Å². The number of hydrogen-bond donors (Lipinski definition) is 2. The SMILES string of the molecule is O=C(COC(=O)[C@@H](Cc1ccccc1)N1C(=O)c2ccccc2C1=O)NNC(=O)c1ccccc1Cl. The average molecular weight is 506 g/mol. The molecule has 10 heteroatoms. The van der Waals surface area contributed by atoms with Crippen LogP contribution in [0.3, 0.4) is 0 Å². The van der Waals surface area contributed by atoms with Gasteiger partial charge in [0.1, 0.15) is 6.04 Å². The molecule has 1 aliphatic heterocycles. The van der Waals surface area contributed by atoms with Crippen LogP contribution in [0.5, 0.6) is 0 Å². The number of ether oxygens (including phenoxy) is 1. The number of benzene rings is 3. The Morgan fingerprint density at radius 2 is 1.39 bits per heavy atom. The summed E-state index contributed by atoms with van der Waals surface area (Å²) in [7, 11) is 0. The van der Waals surface area contributed by atoms with Crippen molar-refractivity contribution in [3.8, 4) is 0 Å². The van der Waals surface area contributed by atoms with Gasteiger partial charge in [0, 0.05) is 6.42 Å². The zero-order valence-electron chi connectivity index (χ0n) is 18.8. The zero-order chi connectivity index (χ0) is 25.7. The Balaban J connectivity index is 1.43. The summed E-state index contributed by atoms with van der Waals surface area (Å²) >= 11 is 5.96. The molecule has 4 amide bonds. The van der Waals surface area contributed by atoms with Gasteiger partial charge in [-0.05, 0) is 29.8 Å². The van der Waals surface area contributed by atoms with Crippen molar-refractivity contribution >= 4 is 41.2 Å². The van der Waals surface area contributed by atoms with Gasteiger partial charge in [0.15, 0.2) is 6.61 Å². The average Bonchev–Trinajstić information content (AvgIpc) is 3.15. The third-order valence-corrected chi connectivity index (χ3v) is 5.79. The van der Waals surface area contributed by atoms with E-state index in [0.717, 1.165) is 4.90 Å². The summed E-state index contributed by atoms with van der Waals surface area (Å²) in [5.41, 5.74) is 5.52. The third kappa shape index (κ3) is 5.26. The molecular formula is C26H20ClN3O6. The monoisotopic (exact) mass is 505 g/mol. The normalized spacial score (nSPS) is 13.1. The second-order valence-electron chi connectivity index (χ2n) is 7.82. The minimum Gasteiger partial charge on any atom is -0.454 e. The van der Waals surface area contributed by atoms with Gasteiger partial charge < -0.3 is 4.74 Å². The Kier molecular flexibility index (Phi) is 7.41. The number of rotatable bonds is 7. The van der Waals surface area contributed by atoms with E-state index in [-0.39, 0.29) is 28.1 Å². The topological polar surface area (TPSA) is 122 Å². The maximum Gasteiger partial charge on any atom is 0.330 e. The first-order valence-corrected chi connectivity index (χ1v) is 11.3. The Morgan fingerprint density at radius 1 is 0.806 bits per heavy atom. The molecule has 0 spiro atoms. The van der Waals surface area contributed by atoms with Crippen LogP contribution >= 0.6 is 11.6 Å². The number of fused-ring (bicyclic) bond motifs is 1. The first-order chi connectivity index (χ1) is 17.4. The molecule has 0 saturated heterocycles. The van der Waals surface area contributed by atoms with E-state index in [0.29, 0.717) is 5.56 Å². The van der Waals surface area contributed by atoms with Gasteiger partial charge in [0.05, 0.1) is 21.7 Å². The highest BCUT2D eigenvalue weighted by atomic mass is 35.5. The van der Waals surface area contributed by atoms with Crippen molar-refractivity contribution in [2.75, 3.05) is 6.61 Å². The van der Waals surface area contributed by atoms with Gasteiger partial charge in [0.25, 0.3) is 23.6 Å². The van der Waals surface area contributed by atoms with Gasteiger partial charge in [-0.3, -0.25) is 34.9 Å². The molecule has 36 heavy (non-hydrogen) atoms. The summed E-state index contributed by atoms with van der Waals surface area (Å²) in [6.45, 7) is -0.754. The predicted molar refractivity (Wildman–Crippen MR) is 129 cm³/mol. The summed E-state index contributed by atoms with van der Waals surface area (Å²) in [6.07, 6.45) is -0.00397. The Hall–Kier alpha value is -4.50. The number of hydrazine groups is 1. The molecule has 0 aromatic heterocycles. The number of carbonyl (C=O) groups excluding carboxylic acids is 5. The second kappa shape index (κ2) is 10.8. The number of hydrogen-bond acceptors (Lipinski definition) is 6. The molecule has 0 aliphatic carbocycles. The molecule has 0 radical (unpaired) electrons. The highest BCUT2D eigenvalue weighted by Crippen LogP contribution is 2.26. The molecular weight excluding hydrogens is 486 g/mol. The number of imide groups is 1. The van der Waals surface area contributed by atoms with E-state index in [1.807, 2.05) is 0 Å².